The number of hydrogen-bond acceptors (Lipinski definition) is 2. The molecule has 17 heavy (non-hydrogen) atoms. The summed E-state index contributed by atoms with van der Waals surface area (Å²) in [7, 11) is 0. The summed E-state index contributed by atoms with van der Waals surface area (Å²) in [5.41, 5.74) is 2.27. The van der Waals surface area contributed by atoms with Gasteiger partial charge in [-0.2, -0.15) is 5.26 Å². The van der Waals surface area contributed by atoms with Gasteiger partial charge in [-0.3, -0.25) is 0 Å². The Kier molecular flexibility index (Phi) is 2.63. The van der Waals surface area contributed by atoms with Crippen molar-refractivity contribution in [1.29, 1.82) is 5.26 Å². The highest BCUT2D eigenvalue weighted by molar-refractivity contribution is 9.10. The fraction of sp³-hybridized carbons (Fsp3) is 0.500. The lowest BCUT2D eigenvalue weighted by Crippen LogP contribution is -2.17. The largest absolute Gasteiger partial charge is 0.383 e. The Bertz CT molecular complexity index is 481. The van der Waals surface area contributed by atoms with Crippen molar-refractivity contribution in [3.8, 4) is 6.07 Å². The monoisotopic (exact) mass is 290 g/mol. The van der Waals surface area contributed by atoms with Crippen LogP contribution in [0.3, 0.4) is 0 Å². The first-order valence-corrected chi connectivity index (χ1v) is 6.96. The van der Waals surface area contributed by atoms with Gasteiger partial charge in [0.25, 0.3) is 0 Å². The zero-order valence-corrected chi connectivity index (χ0v) is 11.3. The number of nitrogens with zero attached hydrogens (tertiary/aromatic N) is 1. The number of nitrogens with one attached hydrogen (secondary N) is 1. The van der Waals surface area contributed by atoms with E-state index >= 15 is 0 Å². The van der Waals surface area contributed by atoms with Crippen LogP contribution < -0.4 is 5.32 Å². The molecule has 2 aliphatic rings. The molecule has 2 fully saturated rings. The first-order valence-electron chi connectivity index (χ1n) is 6.17. The van der Waals surface area contributed by atoms with Crippen molar-refractivity contribution < 1.29 is 0 Å². The molecule has 0 saturated heterocycles. The molecule has 1 aromatic rings. The maximum atomic E-state index is 9.10. The molecular weight excluding hydrogens is 276 g/mol. The Labute approximate surface area is 110 Å². The van der Waals surface area contributed by atoms with Gasteiger partial charge >= 0.3 is 0 Å². The molecule has 0 aliphatic heterocycles. The van der Waals surface area contributed by atoms with E-state index < -0.39 is 0 Å². The SMILES string of the molecule is N#Cc1cc(Br)ccc1NCC1(C2CC2)CC1. The van der Waals surface area contributed by atoms with Gasteiger partial charge in [-0.25, -0.2) is 0 Å². The van der Waals surface area contributed by atoms with Gasteiger partial charge in [0.05, 0.1) is 11.3 Å². The van der Waals surface area contributed by atoms with Crippen LogP contribution in [0.5, 0.6) is 0 Å². The topological polar surface area (TPSA) is 35.8 Å². The zero-order chi connectivity index (χ0) is 11.9. The molecule has 2 nitrogen and oxygen atoms in total. The molecule has 0 bridgehead atoms. The third kappa shape index (κ3) is 2.19. The predicted molar refractivity (Wildman–Crippen MR) is 71.7 cm³/mol. The van der Waals surface area contributed by atoms with Crippen LogP contribution in [0.4, 0.5) is 5.69 Å². The minimum absolute atomic E-state index is 0.569. The van der Waals surface area contributed by atoms with Gasteiger partial charge in [-0.1, -0.05) is 15.9 Å². The molecule has 2 saturated carbocycles. The van der Waals surface area contributed by atoms with Crippen molar-refractivity contribution >= 4 is 21.6 Å². The van der Waals surface area contributed by atoms with E-state index in [0.29, 0.717) is 5.41 Å². The molecule has 1 aromatic carbocycles. The second-order valence-corrected chi connectivity index (χ2v) is 6.21. The lowest BCUT2D eigenvalue weighted by Gasteiger charge is -2.16. The van der Waals surface area contributed by atoms with E-state index in [9.17, 15) is 0 Å². The van der Waals surface area contributed by atoms with Crippen molar-refractivity contribution in [3.05, 3.63) is 28.2 Å². The van der Waals surface area contributed by atoms with Gasteiger partial charge in [0.15, 0.2) is 0 Å². The second-order valence-electron chi connectivity index (χ2n) is 5.29. The normalized spacial score (nSPS) is 20.7. The van der Waals surface area contributed by atoms with Gasteiger partial charge in [0, 0.05) is 11.0 Å². The summed E-state index contributed by atoms with van der Waals surface area (Å²) < 4.78 is 0.961. The molecule has 2 aliphatic carbocycles. The molecule has 3 rings (SSSR count). The Morgan fingerprint density at radius 3 is 2.76 bits per heavy atom. The average Bonchev–Trinajstić information content (AvgIpc) is 3.18. The maximum Gasteiger partial charge on any atom is 0.101 e. The van der Waals surface area contributed by atoms with Crippen LogP contribution in [0.15, 0.2) is 22.7 Å². The molecule has 0 unspecified atom stereocenters. The van der Waals surface area contributed by atoms with E-state index in [1.165, 1.54) is 25.7 Å². The van der Waals surface area contributed by atoms with Crippen molar-refractivity contribution in [1.82, 2.24) is 0 Å². The smallest absolute Gasteiger partial charge is 0.101 e. The summed E-state index contributed by atoms with van der Waals surface area (Å²) in [6.45, 7) is 1.04. The molecule has 88 valence electrons. The van der Waals surface area contributed by atoms with E-state index in [4.69, 9.17) is 5.26 Å². The van der Waals surface area contributed by atoms with E-state index in [2.05, 4.69) is 27.3 Å². The van der Waals surface area contributed by atoms with Crippen molar-refractivity contribution in [2.45, 2.75) is 25.7 Å². The summed E-state index contributed by atoms with van der Waals surface area (Å²) in [6.07, 6.45) is 5.55. The fourth-order valence-corrected chi connectivity index (χ4v) is 2.98. The van der Waals surface area contributed by atoms with Crippen LogP contribution in [-0.2, 0) is 0 Å². The van der Waals surface area contributed by atoms with Crippen LogP contribution in [-0.4, -0.2) is 6.54 Å². The van der Waals surface area contributed by atoms with E-state index in [-0.39, 0.29) is 0 Å². The van der Waals surface area contributed by atoms with Gasteiger partial charge in [0.1, 0.15) is 6.07 Å². The molecule has 0 aromatic heterocycles. The first kappa shape index (κ1) is 11.1. The number of anilines is 1. The molecule has 0 amide bonds. The highest BCUT2D eigenvalue weighted by atomic mass is 79.9. The average molecular weight is 291 g/mol. The van der Waals surface area contributed by atoms with E-state index in [0.717, 1.165) is 28.2 Å². The summed E-state index contributed by atoms with van der Waals surface area (Å²) in [6, 6.07) is 8.10. The maximum absolute atomic E-state index is 9.10. The lowest BCUT2D eigenvalue weighted by atomic mass is 10.0. The van der Waals surface area contributed by atoms with E-state index in [1.54, 1.807) is 0 Å². The highest BCUT2D eigenvalue weighted by Crippen LogP contribution is 2.61. The second kappa shape index (κ2) is 4.03. The van der Waals surface area contributed by atoms with Crippen molar-refractivity contribution in [3.63, 3.8) is 0 Å². The lowest BCUT2D eigenvalue weighted by molar-refractivity contribution is 0.467. The quantitative estimate of drug-likeness (QED) is 0.912. The minimum Gasteiger partial charge on any atom is -0.383 e. The number of benzene rings is 1. The summed E-state index contributed by atoms with van der Waals surface area (Å²) in [5.74, 6) is 0.955. The first-order chi connectivity index (χ1) is 8.23. The van der Waals surface area contributed by atoms with Crippen LogP contribution in [0.1, 0.15) is 31.2 Å². The van der Waals surface area contributed by atoms with Gasteiger partial charge < -0.3 is 5.32 Å². The van der Waals surface area contributed by atoms with Crippen LogP contribution in [0.25, 0.3) is 0 Å². The standard InChI is InChI=1S/C14H15BrN2/c15-12-3-4-13(10(7-12)8-16)17-9-14(5-6-14)11-1-2-11/h3-4,7,11,17H,1-2,5-6,9H2. The highest BCUT2D eigenvalue weighted by Gasteiger charge is 2.53. The third-order valence-corrected chi connectivity index (χ3v) is 4.56. The number of halogens is 1. The fourth-order valence-electron chi connectivity index (χ4n) is 2.62. The van der Waals surface area contributed by atoms with E-state index in [1.807, 2.05) is 18.2 Å². The number of rotatable bonds is 4. The molecular formula is C14H15BrN2. The molecule has 0 spiro atoms. The zero-order valence-electron chi connectivity index (χ0n) is 9.67. The Hall–Kier alpha value is -1.01. The van der Waals surface area contributed by atoms with Gasteiger partial charge in [0.2, 0.25) is 0 Å². The summed E-state index contributed by atoms with van der Waals surface area (Å²) in [4.78, 5) is 0. The minimum atomic E-state index is 0.569. The van der Waals surface area contributed by atoms with Gasteiger partial charge in [-0.15, -0.1) is 0 Å². The summed E-state index contributed by atoms with van der Waals surface area (Å²) >= 11 is 3.39. The molecule has 3 heteroatoms. The van der Waals surface area contributed by atoms with Crippen LogP contribution >= 0.6 is 15.9 Å². The van der Waals surface area contributed by atoms with Crippen LogP contribution in [0.2, 0.25) is 0 Å². The predicted octanol–water partition coefficient (Wildman–Crippen LogP) is 3.92. The van der Waals surface area contributed by atoms with Gasteiger partial charge in [-0.05, 0) is 55.2 Å². The Balaban J connectivity index is 1.71. The number of hydrogen-bond donors (Lipinski definition) is 1. The Morgan fingerprint density at radius 2 is 2.18 bits per heavy atom. The van der Waals surface area contributed by atoms with Crippen LogP contribution in [0, 0.1) is 22.7 Å². The molecule has 0 radical (unpaired) electrons. The summed E-state index contributed by atoms with van der Waals surface area (Å²) in [5, 5.41) is 12.6. The molecule has 0 atom stereocenters. The third-order valence-electron chi connectivity index (χ3n) is 4.07. The van der Waals surface area contributed by atoms with Crippen molar-refractivity contribution in [2.24, 2.45) is 11.3 Å². The number of nitriles is 1. The molecule has 0 heterocycles. The van der Waals surface area contributed by atoms with Crippen molar-refractivity contribution in [2.75, 3.05) is 11.9 Å². The Morgan fingerprint density at radius 1 is 1.41 bits per heavy atom. The molecule has 1 N–H and O–H groups in total.